The van der Waals surface area contributed by atoms with Crippen LogP contribution in [0.5, 0.6) is 5.75 Å². The normalized spacial score (nSPS) is 10.2. The van der Waals surface area contributed by atoms with Crippen molar-refractivity contribution in [1.82, 2.24) is 0 Å². The standard InChI is InChI=1S/C18H17IO4/c1-3-22-18(21)17-10-15(7-8-16(17)12(2)20)23-11-13-5-4-6-14(19)9-13/h4-10H,3,11H2,1-2H3. The molecule has 0 aliphatic rings. The van der Waals surface area contributed by atoms with Gasteiger partial charge < -0.3 is 9.47 Å². The molecule has 2 aromatic carbocycles. The second kappa shape index (κ2) is 8.10. The van der Waals surface area contributed by atoms with E-state index in [-0.39, 0.29) is 18.0 Å². The molecule has 0 aliphatic heterocycles. The number of halogens is 1. The molecule has 0 amide bonds. The van der Waals surface area contributed by atoms with E-state index < -0.39 is 5.97 Å². The van der Waals surface area contributed by atoms with Gasteiger partial charge in [0.1, 0.15) is 12.4 Å². The number of benzene rings is 2. The molecule has 0 atom stereocenters. The maximum Gasteiger partial charge on any atom is 0.338 e. The third-order valence-corrected chi connectivity index (χ3v) is 3.83. The van der Waals surface area contributed by atoms with Gasteiger partial charge in [0.2, 0.25) is 0 Å². The van der Waals surface area contributed by atoms with Crippen molar-refractivity contribution in [2.24, 2.45) is 0 Å². The lowest BCUT2D eigenvalue weighted by molar-refractivity contribution is 0.0522. The van der Waals surface area contributed by atoms with Crippen molar-refractivity contribution >= 4 is 34.3 Å². The minimum absolute atomic E-state index is 0.183. The van der Waals surface area contributed by atoms with Gasteiger partial charge in [-0.25, -0.2) is 4.79 Å². The van der Waals surface area contributed by atoms with Gasteiger partial charge >= 0.3 is 5.97 Å². The van der Waals surface area contributed by atoms with Gasteiger partial charge in [-0.3, -0.25) is 4.79 Å². The Bertz CT molecular complexity index is 725. The van der Waals surface area contributed by atoms with Crippen LogP contribution in [0.4, 0.5) is 0 Å². The monoisotopic (exact) mass is 424 g/mol. The molecule has 0 fully saturated rings. The first-order chi connectivity index (χ1) is 11.0. The number of ether oxygens (including phenoxy) is 2. The summed E-state index contributed by atoms with van der Waals surface area (Å²) < 4.78 is 11.9. The van der Waals surface area contributed by atoms with Crippen LogP contribution < -0.4 is 4.74 Å². The molecule has 0 spiro atoms. The molecule has 0 saturated carbocycles. The molecular formula is C18H17IO4. The van der Waals surface area contributed by atoms with E-state index >= 15 is 0 Å². The van der Waals surface area contributed by atoms with Crippen LogP contribution in [0.2, 0.25) is 0 Å². The van der Waals surface area contributed by atoms with Crippen LogP contribution in [0, 0.1) is 3.57 Å². The highest BCUT2D eigenvalue weighted by atomic mass is 127. The zero-order valence-electron chi connectivity index (χ0n) is 13.0. The quantitative estimate of drug-likeness (QED) is 0.395. The molecule has 0 aromatic heterocycles. The van der Waals surface area contributed by atoms with Crippen LogP contribution in [-0.4, -0.2) is 18.4 Å². The Morgan fingerprint density at radius 1 is 1.09 bits per heavy atom. The number of rotatable bonds is 6. The van der Waals surface area contributed by atoms with Crippen molar-refractivity contribution < 1.29 is 19.1 Å². The molecule has 23 heavy (non-hydrogen) atoms. The van der Waals surface area contributed by atoms with E-state index in [4.69, 9.17) is 9.47 Å². The topological polar surface area (TPSA) is 52.6 Å². The summed E-state index contributed by atoms with van der Waals surface area (Å²) in [7, 11) is 0. The fourth-order valence-corrected chi connectivity index (χ4v) is 2.70. The molecule has 0 heterocycles. The van der Waals surface area contributed by atoms with Crippen LogP contribution in [0.25, 0.3) is 0 Å². The lowest BCUT2D eigenvalue weighted by atomic mass is 10.0. The molecule has 0 saturated heterocycles. The lowest BCUT2D eigenvalue weighted by Gasteiger charge is -2.11. The molecule has 5 heteroatoms. The van der Waals surface area contributed by atoms with Gasteiger partial charge in [-0.1, -0.05) is 12.1 Å². The molecule has 0 unspecified atom stereocenters. The number of hydrogen-bond acceptors (Lipinski definition) is 4. The Morgan fingerprint density at radius 2 is 1.87 bits per heavy atom. The van der Waals surface area contributed by atoms with Crippen LogP contribution in [0.15, 0.2) is 42.5 Å². The van der Waals surface area contributed by atoms with Crippen LogP contribution in [0.1, 0.15) is 40.1 Å². The number of carbonyl (C=O) groups is 2. The van der Waals surface area contributed by atoms with E-state index in [0.29, 0.717) is 17.9 Å². The predicted octanol–water partition coefficient (Wildman–Crippen LogP) is 4.25. The summed E-state index contributed by atoms with van der Waals surface area (Å²) in [5, 5.41) is 0. The molecule has 0 bridgehead atoms. The van der Waals surface area contributed by atoms with E-state index in [2.05, 4.69) is 22.6 Å². The zero-order chi connectivity index (χ0) is 16.8. The van der Waals surface area contributed by atoms with E-state index in [9.17, 15) is 9.59 Å². The third kappa shape index (κ3) is 4.79. The van der Waals surface area contributed by atoms with Gasteiger partial charge in [0, 0.05) is 9.13 Å². The van der Waals surface area contributed by atoms with Crippen molar-refractivity contribution in [2.45, 2.75) is 20.5 Å². The lowest BCUT2D eigenvalue weighted by Crippen LogP contribution is -2.11. The summed E-state index contributed by atoms with van der Waals surface area (Å²) in [4.78, 5) is 23.7. The first-order valence-electron chi connectivity index (χ1n) is 7.20. The number of Topliss-reactive ketones (excluding diaryl/α,β-unsaturated/α-hetero) is 1. The van der Waals surface area contributed by atoms with Crippen molar-refractivity contribution in [2.75, 3.05) is 6.61 Å². The smallest absolute Gasteiger partial charge is 0.338 e. The highest BCUT2D eigenvalue weighted by molar-refractivity contribution is 14.1. The average Bonchev–Trinajstić information content (AvgIpc) is 2.53. The van der Waals surface area contributed by atoms with E-state index in [1.165, 1.54) is 6.92 Å². The number of esters is 1. The SMILES string of the molecule is CCOC(=O)c1cc(OCc2cccc(I)c2)ccc1C(C)=O. The highest BCUT2D eigenvalue weighted by Gasteiger charge is 2.16. The first kappa shape index (κ1) is 17.5. The minimum atomic E-state index is -0.516. The molecule has 120 valence electrons. The van der Waals surface area contributed by atoms with E-state index in [1.807, 2.05) is 24.3 Å². The predicted molar refractivity (Wildman–Crippen MR) is 95.9 cm³/mol. The largest absolute Gasteiger partial charge is 0.489 e. The maximum atomic E-state index is 12.0. The Kier molecular flexibility index (Phi) is 6.15. The van der Waals surface area contributed by atoms with Crippen LogP contribution >= 0.6 is 22.6 Å². The molecule has 4 nitrogen and oxygen atoms in total. The molecule has 0 aliphatic carbocycles. The second-order valence-corrected chi connectivity index (χ2v) is 6.15. The van der Waals surface area contributed by atoms with Gasteiger partial charge in [-0.2, -0.15) is 0 Å². The summed E-state index contributed by atoms with van der Waals surface area (Å²) in [6.07, 6.45) is 0. The molecule has 0 radical (unpaired) electrons. The second-order valence-electron chi connectivity index (χ2n) is 4.90. The van der Waals surface area contributed by atoms with Crippen molar-refractivity contribution in [3.63, 3.8) is 0 Å². The molecule has 2 rings (SSSR count). The summed E-state index contributed by atoms with van der Waals surface area (Å²) in [5.74, 6) is -0.175. The van der Waals surface area contributed by atoms with Gasteiger partial charge in [0.25, 0.3) is 0 Å². The zero-order valence-corrected chi connectivity index (χ0v) is 15.1. The Morgan fingerprint density at radius 3 is 2.52 bits per heavy atom. The Hall–Kier alpha value is -1.89. The van der Waals surface area contributed by atoms with E-state index in [1.54, 1.807) is 25.1 Å². The number of carbonyl (C=O) groups excluding carboxylic acids is 2. The number of ketones is 1. The number of hydrogen-bond donors (Lipinski definition) is 0. The average molecular weight is 424 g/mol. The van der Waals surface area contributed by atoms with Gasteiger partial charge in [-0.05, 0) is 72.3 Å². The van der Waals surface area contributed by atoms with Crippen molar-refractivity contribution in [1.29, 1.82) is 0 Å². The third-order valence-electron chi connectivity index (χ3n) is 3.16. The maximum absolute atomic E-state index is 12.0. The summed E-state index contributed by atoms with van der Waals surface area (Å²) in [6, 6.07) is 12.8. The van der Waals surface area contributed by atoms with Gasteiger partial charge in [0.15, 0.2) is 5.78 Å². The van der Waals surface area contributed by atoms with Crippen LogP contribution in [0.3, 0.4) is 0 Å². The molecular weight excluding hydrogens is 407 g/mol. The summed E-state index contributed by atoms with van der Waals surface area (Å²) in [5.41, 5.74) is 1.61. The fraction of sp³-hybridized carbons (Fsp3) is 0.222. The molecule has 0 N–H and O–H groups in total. The molecule has 2 aromatic rings. The van der Waals surface area contributed by atoms with Gasteiger partial charge in [-0.15, -0.1) is 0 Å². The Labute approximate surface area is 148 Å². The first-order valence-corrected chi connectivity index (χ1v) is 8.28. The van der Waals surface area contributed by atoms with E-state index in [0.717, 1.165) is 9.13 Å². The minimum Gasteiger partial charge on any atom is -0.489 e. The highest BCUT2D eigenvalue weighted by Crippen LogP contribution is 2.21. The van der Waals surface area contributed by atoms with Crippen LogP contribution in [-0.2, 0) is 11.3 Å². The van der Waals surface area contributed by atoms with Crippen molar-refractivity contribution in [3.8, 4) is 5.75 Å². The summed E-state index contributed by atoms with van der Waals surface area (Å²) >= 11 is 2.24. The van der Waals surface area contributed by atoms with Gasteiger partial charge in [0.05, 0.1) is 12.2 Å². The summed E-state index contributed by atoms with van der Waals surface area (Å²) in [6.45, 7) is 3.79. The fourth-order valence-electron chi connectivity index (χ4n) is 2.09. The van der Waals surface area contributed by atoms with Crippen molar-refractivity contribution in [3.05, 3.63) is 62.7 Å². The Balaban J connectivity index is 2.21.